The Balaban J connectivity index is 3.69. The highest BCUT2D eigenvalue weighted by atomic mass is 32.3. The normalized spacial score (nSPS) is 12.7. The summed E-state index contributed by atoms with van der Waals surface area (Å²) >= 11 is 0. The quantitative estimate of drug-likeness (QED) is 0.813. The van der Waals surface area contributed by atoms with Gasteiger partial charge in [0.05, 0.1) is 23.8 Å². The number of nitrogens with zero attached hydrogens (tertiary/aromatic N) is 1. The summed E-state index contributed by atoms with van der Waals surface area (Å²) in [4.78, 5) is 11.1. The standard InChI is InChI=1S/C10H10F3NO7S2/c1-22(17,18)14(23(2,19)20)8-5-6(21-10(11,12)13)3-4-7(8)9(15)16/h3-5H,1-2H3,(H,15,16). The summed E-state index contributed by atoms with van der Waals surface area (Å²) < 4.78 is 86.5. The van der Waals surface area contributed by atoms with Gasteiger partial charge in [0.15, 0.2) is 0 Å². The number of halogens is 3. The maximum absolute atomic E-state index is 12.2. The van der Waals surface area contributed by atoms with Crippen molar-refractivity contribution in [1.82, 2.24) is 0 Å². The number of carboxylic acid groups (broad SMARTS) is 1. The lowest BCUT2D eigenvalue weighted by atomic mass is 10.2. The highest BCUT2D eigenvalue weighted by Gasteiger charge is 2.34. The molecule has 0 bridgehead atoms. The minimum atomic E-state index is -5.14. The summed E-state index contributed by atoms with van der Waals surface area (Å²) in [5.41, 5.74) is -1.83. The van der Waals surface area contributed by atoms with Gasteiger partial charge in [-0.2, -0.15) is 3.71 Å². The Bertz CT molecular complexity index is 799. The molecule has 0 atom stereocenters. The van der Waals surface area contributed by atoms with Gasteiger partial charge in [-0.3, -0.25) is 0 Å². The Morgan fingerprint density at radius 3 is 1.96 bits per heavy atom. The van der Waals surface area contributed by atoms with E-state index in [1.807, 2.05) is 0 Å². The van der Waals surface area contributed by atoms with Gasteiger partial charge < -0.3 is 9.84 Å². The molecule has 13 heteroatoms. The third-order valence-corrected chi connectivity index (χ3v) is 5.46. The van der Waals surface area contributed by atoms with Crippen LogP contribution in [-0.2, 0) is 20.0 Å². The van der Waals surface area contributed by atoms with Gasteiger partial charge in [-0.15, -0.1) is 13.2 Å². The number of hydrogen-bond donors (Lipinski definition) is 1. The maximum atomic E-state index is 12.2. The first-order valence-electron chi connectivity index (χ1n) is 5.46. The fourth-order valence-electron chi connectivity index (χ4n) is 1.64. The molecular weight excluding hydrogens is 367 g/mol. The van der Waals surface area contributed by atoms with Gasteiger partial charge in [0, 0.05) is 6.07 Å². The van der Waals surface area contributed by atoms with Crippen LogP contribution in [0.2, 0.25) is 0 Å². The van der Waals surface area contributed by atoms with Gasteiger partial charge in [-0.05, 0) is 12.1 Å². The van der Waals surface area contributed by atoms with Crippen LogP contribution < -0.4 is 8.45 Å². The molecule has 1 aromatic rings. The highest BCUT2D eigenvalue weighted by Crippen LogP contribution is 2.32. The van der Waals surface area contributed by atoms with E-state index < -0.39 is 49.4 Å². The molecule has 0 aliphatic heterocycles. The fourth-order valence-corrected chi connectivity index (χ4v) is 4.63. The van der Waals surface area contributed by atoms with Crippen molar-refractivity contribution < 1.29 is 44.6 Å². The van der Waals surface area contributed by atoms with Gasteiger partial charge in [-0.1, -0.05) is 0 Å². The molecule has 1 rings (SSSR count). The Morgan fingerprint density at radius 2 is 1.61 bits per heavy atom. The van der Waals surface area contributed by atoms with E-state index in [1.54, 1.807) is 0 Å². The van der Waals surface area contributed by atoms with E-state index in [4.69, 9.17) is 5.11 Å². The van der Waals surface area contributed by atoms with Crippen LogP contribution in [0.1, 0.15) is 10.4 Å². The molecule has 23 heavy (non-hydrogen) atoms. The van der Waals surface area contributed by atoms with E-state index in [-0.39, 0.29) is 3.71 Å². The lowest BCUT2D eigenvalue weighted by Gasteiger charge is -2.22. The highest BCUT2D eigenvalue weighted by molar-refractivity contribution is 8.09. The predicted octanol–water partition coefficient (Wildman–Crippen LogP) is 1.01. The SMILES string of the molecule is CS(=O)(=O)N(c1cc(OC(F)(F)F)ccc1C(=O)O)S(C)(=O)=O. The number of alkyl halides is 3. The van der Waals surface area contributed by atoms with Crippen LogP contribution >= 0.6 is 0 Å². The van der Waals surface area contributed by atoms with E-state index in [0.717, 1.165) is 0 Å². The third-order valence-electron chi connectivity index (χ3n) is 2.23. The summed E-state index contributed by atoms with van der Waals surface area (Å²) in [6.45, 7) is 0. The molecule has 0 aliphatic carbocycles. The summed E-state index contributed by atoms with van der Waals surface area (Å²) in [6, 6.07) is 1.57. The van der Waals surface area contributed by atoms with E-state index in [1.165, 1.54) is 0 Å². The van der Waals surface area contributed by atoms with Gasteiger partial charge in [0.25, 0.3) is 0 Å². The van der Waals surface area contributed by atoms with Crippen LogP contribution in [0, 0.1) is 0 Å². The first-order valence-corrected chi connectivity index (χ1v) is 9.16. The van der Waals surface area contributed by atoms with Crippen LogP contribution in [0.3, 0.4) is 0 Å². The zero-order valence-corrected chi connectivity index (χ0v) is 13.2. The van der Waals surface area contributed by atoms with Crippen molar-refractivity contribution >= 4 is 31.7 Å². The van der Waals surface area contributed by atoms with Crippen molar-refractivity contribution in [2.24, 2.45) is 0 Å². The van der Waals surface area contributed by atoms with Gasteiger partial charge >= 0.3 is 12.3 Å². The van der Waals surface area contributed by atoms with Gasteiger partial charge in [0.1, 0.15) is 5.75 Å². The second-order valence-electron chi connectivity index (χ2n) is 4.26. The molecule has 0 unspecified atom stereocenters. The van der Waals surface area contributed by atoms with Crippen molar-refractivity contribution in [3.05, 3.63) is 23.8 Å². The topological polar surface area (TPSA) is 118 Å². The molecule has 0 aliphatic rings. The van der Waals surface area contributed by atoms with Crippen LogP contribution in [0.5, 0.6) is 5.75 Å². The van der Waals surface area contributed by atoms with Gasteiger partial charge in [0.2, 0.25) is 20.0 Å². The minimum absolute atomic E-state index is 0.285. The van der Waals surface area contributed by atoms with Crippen LogP contribution in [-0.4, -0.2) is 46.8 Å². The Morgan fingerprint density at radius 1 is 1.13 bits per heavy atom. The number of aromatic carboxylic acids is 1. The summed E-state index contributed by atoms with van der Waals surface area (Å²) in [6.07, 6.45) is -4.23. The predicted molar refractivity (Wildman–Crippen MR) is 72.3 cm³/mol. The largest absolute Gasteiger partial charge is 0.573 e. The van der Waals surface area contributed by atoms with E-state index in [2.05, 4.69) is 4.74 Å². The number of anilines is 1. The third kappa shape index (κ3) is 4.99. The van der Waals surface area contributed by atoms with Crippen molar-refractivity contribution in [3.63, 3.8) is 0 Å². The molecule has 0 aromatic heterocycles. The monoisotopic (exact) mass is 377 g/mol. The van der Waals surface area contributed by atoms with Crippen molar-refractivity contribution in [1.29, 1.82) is 0 Å². The first-order chi connectivity index (χ1) is 10.1. The molecule has 8 nitrogen and oxygen atoms in total. The molecule has 0 radical (unpaired) electrons. The number of hydrogen-bond acceptors (Lipinski definition) is 6. The van der Waals surface area contributed by atoms with Crippen LogP contribution in [0.4, 0.5) is 18.9 Å². The summed E-state index contributed by atoms with van der Waals surface area (Å²) in [5, 5.41) is 8.99. The van der Waals surface area contributed by atoms with Crippen LogP contribution in [0.25, 0.3) is 0 Å². The van der Waals surface area contributed by atoms with E-state index in [9.17, 15) is 34.8 Å². The van der Waals surface area contributed by atoms with E-state index in [0.29, 0.717) is 30.7 Å². The minimum Gasteiger partial charge on any atom is -0.478 e. The average Bonchev–Trinajstić information content (AvgIpc) is 2.21. The number of ether oxygens (including phenoxy) is 1. The second kappa shape index (κ2) is 5.88. The molecule has 0 heterocycles. The van der Waals surface area contributed by atoms with Gasteiger partial charge in [-0.25, -0.2) is 21.6 Å². The lowest BCUT2D eigenvalue weighted by Crippen LogP contribution is -2.36. The zero-order chi connectivity index (χ0) is 18.2. The molecule has 130 valence electrons. The second-order valence-corrected chi connectivity index (χ2v) is 8.15. The Hall–Kier alpha value is -2.02. The maximum Gasteiger partial charge on any atom is 0.573 e. The molecule has 1 aromatic carbocycles. The molecule has 0 fully saturated rings. The van der Waals surface area contributed by atoms with E-state index >= 15 is 0 Å². The van der Waals surface area contributed by atoms with Crippen molar-refractivity contribution in [2.75, 3.05) is 16.2 Å². The average molecular weight is 377 g/mol. The molecule has 1 N–H and O–H groups in total. The lowest BCUT2D eigenvalue weighted by molar-refractivity contribution is -0.274. The Kier molecular flexibility index (Phi) is 4.87. The molecular formula is C10H10F3NO7S2. The summed E-state index contributed by atoms with van der Waals surface area (Å²) in [7, 11) is -9.09. The molecule has 0 saturated carbocycles. The summed E-state index contributed by atoms with van der Waals surface area (Å²) in [5.74, 6) is -2.72. The number of carboxylic acids is 1. The Labute approximate surface area is 129 Å². The van der Waals surface area contributed by atoms with Crippen molar-refractivity contribution in [3.8, 4) is 5.75 Å². The molecule has 0 saturated heterocycles. The zero-order valence-electron chi connectivity index (χ0n) is 11.5. The molecule has 0 amide bonds. The van der Waals surface area contributed by atoms with Crippen LogP contribution in [0.15, 0.2) is 18.2 Å². The first kappa shape index (κ1) is 19.0. The number of sulfonamides is 2. The van der Waals surface area contributed by atoms with Crippen molar-refractivity contribution in [2.45, 2.75) is 6.36 Å². The molecule has 0 spiro atoms. The smallest absolute Gasteiger partial charge is 0.478 e. The number of benzene rings is 1. The number of carbonyl (C=O) groups is 1. The fraction of sp³-hybridized carbons (Fsp3) is 0.300. The number of rotatable bonds is 5.